The number of nitrogens with one attached hydrogen (secondary N) is 1. The van der Waals surface area contributed by atoms with Crippen molar-refractivity contribution in [3.05, 3.63) is 41.4 Å². The number of allylic oxidation sites excluding steroid dienone is 1. The molecule has 94 valence electrons. The van der Waals surface area contributed by atoms with Gasteiger partial charge >= 0.3 is 0 Å². The molecule has 0 saturated heterocycles. The third-order valence-corrected chi connectivity index (χ3v) is 2.62. The molecule has 5 heteroatoms. The van der Waals surface area contributed by atoms with Gasteiger partial charge < -0.3 is 5.32 Å². The van der Waals surface area contributed by atoms with Crippen molar-refractivity contribution in [3.63, 3.8) is 0 Å². The van der Waals surface area contributed by atoms with Gasteiger partial charge in [-0.15, -0.1) is 0 Å². The van der Waals surface area contributed by atoms with Crippen LogP contribution in [0, 0.1) is 13.8 Å². The van der Waals surface area contributed by atoms with Crippen LogP contribution in [0.1, 0.15) is 23.9 Å². The Morgan fingerprint density at radius 1 is 1.50 bits per heavy atom. The van der Waals surface area contributed by atoms with E-state index in [0.717, 1.165) is 22.6 Å². The minimum Gasteiger partial charge on any atom is -0.348 e. The summed E-state index contributed by atoms with van der Waals surface area (Å²) < 4.78 is 1.78. The Labute approximate surface area is 106 Å². The lowest BCUT2D eigenvalue weighted by Crippen LogP contribution is -2.20. The molecule has 18 heavy (non-hydrogen) atoms. The Balaban J connectivity index is 2.27. The molecule has 0 bridgehead atoms. The van der Waals surface area contributed by atoms with Gasteiger partial charge in [-0.25, -0.2) is 9.50 Å². The van der Waals surface area contributed by atoms with Crippen LogP contribution in [-0.4, -0.2) is 20.5 Å². The second kappa shape index (κ2) is 5.00. The van der Waals surface area contributed by atoms with Gasteiger partial charge in [0.2, 0.25) is 5.91 Å². The first-order chi connectivity index (χ1) is 8.61. The predicted octanol–water partition coefficient (Wildman–Crippen LogP) is 1.54. The zero-order valence-electron chi connectivity index (χ0n) is 10.8. The lowest BCUT2D eigenvalue weighted by atomic mass is 10.3. The number of aromatic nitrogens is 3. The number of fused-ring (bicyclic) bond motifs is 1. The van der Waals surface area contributed by atoms with Crippen LogP contribution >= 0.6 is 0 Å². The highest BCUT2D eigenvalue weighted by atomic mass is 16.1. The fourth-order valence-electron chi connectivity index (χ4n) is 1.83. The Kier molecular flexibility index (Phi) is 3.41. The van der Waals surface area contributed by atoms with Gasteiger partial charge in [0.15, 0.2) is 5.65 Å². The standard InChI is InChI=1S/C13H16N4O/c1-4-5-12(18)14-7-11-8-15-17-10(3)6-9(2)16-13(11)17/h4-6,8H,7H2,1-3H3,(H,14,18)/b5-4+. The zero-order chi connectivity index (χ0) is 13.1. The van der Waals surface area contributed by atoms with Gasteiger partial charge in [-0.3, -0.25) is 4.79 Å². The van der Waals surface area contributed by atoms with Gasteiger partial charge in [0.05, 0.1) is 6.20 Å². The number of hydrogen-bond donors (Lipinski definition) is 1. The van der Waals surface area contributed by atoms with Crippen molar-refractivity contribution >= 4 is 11.6 Å². The lowest BCUT2D eigenvalue weighted by Gasteiger charge is -2.03. The van der Waals surface area contributed by atoms with Crippen LogP contribution in [0.15, 0.2) is 24.4 Å². The number of hydrogen-bond acceptors (Lipinski definition) is 3. The second-order valence-electron chi connectivity index (χ2n) is 4.16. The van der Waals surface area contributed by atoms with Crippen LogP contribution in [0.5, 0.6) is 0 Å². The minimum atomic E-state index is -0.110. The fourth-order valence-corrected chi connectivity index (χ4v) is 1.83. The van der Waals surface area contributed by atoms with Gasteiger partial charge in [-0.05, 0) is 32.9 Å². The second-order valence-corrected chi connectivity index (χ2v) is 4.16. The van der Waals surface area contributed by atoms with Crippen molar-refractivity contribution in [2.24, 2.45) is 0 Å². The van der Waals surface area contributed by atoms with E-state index < -0.39 is 0 Å². The van der Waals surface area contributed by atoms with E-state index in [1.54, 1.807) is 16.8 Å². The molecule has 2 aromatic heterocycles. The van der Waals surface area contributed by atoms with Crippen molar-refractivity contribution in [3.8, 4) is 0 Å². The molecule has 0 aliphatic heterocycles. The van der Waals surface area contributed by atoms with Gasteiger partial charge in [-0.2, -0.15) is 5.10 Å². The Morgan fingerprint density at radius 3 is 3.00 bits per heavy atom. The summed E-state index contributed by atoms with van der Waals surface area (Å²) in [6.45, 7) is 6.17. The molecule has 0 spiro atoms. The average molecular weight is 244 g/mol. The molecule has 0 aliphatic carbocycles. The van der Waals surface area contributed by atoms with Crippen molar-refractivity contribution in [2.75, 3.05) is 0 Å². The maximum absolute atomic E-state index is 11.4. The number of carbonyl (C=O) groups excluding carboxylic acids is 1. The molecule has 0 unspecified atom stereocenters. The highest BCUT2D eigenvalue weighted by molar-refractivity contribution is 5.87. The number of carbonyl (C=O) groups is 1. The molecule has 5 nitrogen and oxygen atoms in total. The van der Waals surface area contributed by atoms with E-state index in [-0.39, 0.29) is 5.91 Å². The number of aryl methyl sites for hydroxylation is 2. The smallest absolute Gasteiger partial charge is 0.243 e. The molecule has 1 N–H and O–H groups in total. The first-order valence-corrected chi connectivity index (χ1v) is 5.83. The summed E-state index contributed by atoms with van der Waals surface area (Å²) in [4.78, 5) is 15.8. The van der Waals surface area contributed by atoms with Crippen LogP contribution < -0.4 is 5.32 Å². The minimum absolute atomic E-state index is 0.110. The first-order valence-electron chi connectivity index (χ1n) is 5.83. The number of nitrogens with zero attached hydrogens (tertiary/aromatic N) is 3. The third kappa shape index (κ3) is 2.40. The average Bonchev–Trinajstić information content (AvgIpc) is 2.70. The molecular formula is C13H16N4O. The van der Waals surface area contributed by atoms with E-state index in [0.29, 0.717) is 6.54 Å². The Bertz CT molecular complexity index is 613. The SMILES string of the molecule is C/C=C/C(=O)NCc1cnn2c(C)cc(C)nc12. The Morgan fingerprint density at radius 2 is 2.28 bits per heavy atom. The fraction of sp³-hybridized carbons (Fsp3) is 0.308. The Hall–Kier alpha value is -2.17. The van der Waals surface area contributed by atoms with Gasteiger partial charge in [0, 0.05) is 23.5 Å². The molecule has 0 aromatic carbocycles. The predicted molar refractivity (Wildman–Crippen MR) is 69.1 cm³/mol. The number of rotatable bonds is 3. The van der Waals surface area contributed by atoms with Crippen LogP contribution in [0.2, 0.25) is 0 Å². The van der Waals surface area contributed by atoms with Crippen molar-refractivity contribution in [2.45, 2.75) is 27.3 Å². The summed E-state index contributed by atoms with van der Waals surface area (Å²) in [5.74, 6) is -0.110. The molecule has 0 fully saturated rings. The molecular weight excluding hydrogens is 228 g/mol. The first kappa shape index (κ1) is 12.3. The van der Waals surface area contributed by atoms with E-state index in [9.17, 15) is 4.79 Å². The van der Waals surface area contributed by atoms with E-state index in [1.807, 2.05) is 26.8 Å². The van der Waals surface area contributed by atoms with E-state index in [2.05, 4.69) is 15.4 Å². The molecule has 0 aliphatic rings. The zero-order valence-corrected chi connectivity index (χ0v) is 10.8. The van der Waals surface area contributed by atoms with Crippen molar-refractivity contribution in [1.29, 1.82) is 0 Å². The lowest BCUT2D eigenvalue weighted by molar-refractivity contribution is -0.116. The van der Waals surface area contributed by atoms with Crippen LogP contribution in [0.4, 0.5) is 0 Å². The van der Waals surface area contributed by atoms with Crippen LogP contribution in [0.25, 0.3) is 5.65 Å². The summed E-state index contributed by atoms with van der Waals surface area (Å²) in [7, 11) is 0. The maximum Gasteiger partial charge on any atom is 0.243 e. The monoisotopic (exact) mass is 244 g/mol. The molecule has 0 radical (unpaired) electrons. The summed E-state index contributed by atoms with van der Waals surface area (Å²) >= 11 is 0. The highest BCUT2D eigenvalue weighted by Crippen LogP contribution is 2.11. The van der Waals surface area contributed by atoms with Gasteiger partial charge in [0.1, 0.15) is 0 Å². The van der Waals surface area contributed by atoms with E-state index >= 15 is 0 Å². The summed E-state index contributed by atoms with van der Waals surface area (Å²) in [6, 6.07) is 1.97. The summed E-state index contributed by atoms with van der Waals surface area (Å²) in [6.07, 6.45) is 4.94. The van der Waals surface area contributed by atoms with E-state index in [4.69, 9.17) is 0 Å². The van der Waals surface area contributed by atoms with Crippen LogP contribution in [-0.2, 0) is 11.3 Å². The molecule has 2 rings (SSSR count). The maximum atomic E-state index is 11.4. The van der Waals surface area contributed by atoms with Crippen molar-refractivity contribution in [1.82, 2.24) is 19.9 Å². The summed E-state index contributed by atoms with van der Waals surface area (Å²) in [5, 5.41) is 7.07. The quantitative estimate of drug-likeness (QED) is 0.833. The normalized spacial score (nSPS) is 11.3. The largest absolute Gasteiger partial charge is 0.348 e. The van der Waals surface area contributed by atoms with Gasteiger partial charge in [0.25, 0.3) is 0 Å². The molecule has 2 heterocycles. The van der Waals surface area contributed by atoms with E-state index in [1.165, 1.54) is 6.08 Å². The number of amides is 1. The topological polar surface area (TPSA) is 59.3 Å². The van der Waals surface area contributed by atoms with Gasteiger partial charge in [-0.1, -0.05) is 6.08 Å². The highest BCUT2D eigenvalue weighted by Gasteiger charge is 2.08. The molecule has 0 saturated carbocycles. The molecule has 1 amide bonds. The third-order valence-electron chi connectivity index (χ3n) is 2.62. The molecule has 2 aromatic rings. The summed E-state index contributed by atoms with van der Waals surface area (Å²) in [5.41, 5.74) is 3.69. The van der Waals surface area contributed by atoms with Crippen LogP contribution in [0.3, 0.4) is 0 Å². The molecule has 0 atom stereocenters. The van der Waals surface area contributed by atoms with Crippen molar-refractivity contribution < 1.29 is 4.79 Å².